The van der Waals surface area contributed by atoms with Crippen LogP contribution in [0.25, 0.3) is 5.69 Å². The third kappa shape index (κ3) is 6.05. The van der Waals surface area contributed by atoms with Crippen LogP contribution < -0.4 is 15.1 Å². The van der Waals surface area contributed by atoms with Crippen LogP contribution >= 0.6 is 0 Å². The third-order valence-corrected chi connectivity index (χ3v) is 6.23. The minimum Gasteiger partial charge on any atom is -0.493 e. The highest BCUT2D eigenvalue weighted by atomic mass is 32.2. The van der Waals surface area contributed by atoms with E-state index in [4.69, 9.17) is 0 Å². The van der Waals surface area contributed by atoms with Gasteiger partial charge in [-0.25, -0.2) is 17.8 Å². The first-order valence-electron chi connectivity index (χ1n) is 10.4. The molecule has 9 nitrogen and oxygen atoms in total. The first-order chi connectivity index (χ1) is 17.0. The maximum absolute atomic E-state index is 12.9. The molecule has 188 valence electrons. The molecular formula is C23H19F3N4O5S. The molecule has 4 aromatic rings. The predicted molar refractivity (Wildman–Crippen MR) is 124 cm³/mol. The topological polar surface area (TPSA) is 115 Å². The number of rotatable bonds is 8. The van der Waals surface area contributed by atoms with E-state index in [1.165, 1.54) is 30.6 Å². The van der Waals surface area contributed by atoms with E-state index in [-0.39, 0.29) is 23.7 Å². The van der Waals surface area contributed by atoms with E-state index in [9.17, 15) is 31.5 Å². The van der Waals surface area contributed by atoms with E-state index in [1.54, 1.807) is 30.3 Å². The Labute approximate surface area is 203 Å². The van der Waals surface area contributed by atoms with Gasteiger partial charge in [0.15, 0.2) is 0 Å². The van der Waals surface area contributed by atoms with Gasteiger partial charge in [0.25, 0.3) is 0 Å². The van der Waals surface area contributed by atoms with Crippen molar-refractivity contribution in [2.24, 2.45) is 0 Å². The van der Waals surface area contributed by atoms with E-state index < -0.39 is 33.7 Å². The zero-order chi connectivity index (χ0) is 25.9. The van der Waals surface area contributed by atoms with Gasteiger partial charge in [-0.2, -0.15) is 0 Å². The molecule has 2 aromatic carbocycles. The number of benzene rings is 2. The molecule has 0 aliphatic rings. The molecule has 0 aliphatic heterocycles. The van der Waals surface area contributed by atoms with Crippen molar-refractivity contribution in [2.75, 3.05) is 4.72 Å². The van der Waals surface area contributed by atoms with Gasteiger partial charge in [-0.3, -0.25) is 14.3 Å². The maximum atomic E-state index is 12.9. The Bertz CT molecular complexity index is 1520. The average Bonchev–Trinajstić information content (AvgIpc) is 3.07. The first-order valence-corrected chi connectivity index (χ1v) is 12.0. The highest BCUT2D eigenvalue weighted by Gasteiger charge is 2.31. The summed E-state index contributed by atoms with van der Waals surface area (Å²) < 4.78 is 70.8. The van der Waals surface area contributed by atoms with Gasteiger partial charge in [-0.1, -0.05) is 30.3 Å². The monoisotopic (exact) mass is 520 g/mol. The lowest BCUT2D eigenvalue weighted by Gasteiger charge is -2.12. The molecule has 36 heavy (non-hydrogen) atoms. The van der Waals surface area contributed by atoms with E-state index in [0.29, 0.717) is 11.1 Å². The van der Waals surface area contributed by atoms with Gasteiger partial charge in [-0.05, 0) is 41.5 Å². The Morgan fingerprint density at radius 2 is 1.72 bits per heavy atom. The molecule has 0 aliphatic carbocycles. The smallest absolute Gasteiger partial charge is 0.493 e. The van der Waals surface area contributed by atoms with Gasteiger partial charge in [-0.15, -0.1) is 13.2 Å². The number of aromatic nitrogens is 3. The number of pyridine rings is 1. The van der Waals surface area contributed by atoms with Crippen LogP contribution in [0, 0.1) is 0 Å². The minimum absolute atomic E-state index is 0.101. The second kappa shape index (κ2) is 9.77. The van der Waals surface area contributed by atoms with Gasteiger partial charge in [0.1, 0.15) is 5.75 Å². The number of ether oxygens (including phenoxy) is 1. The normalized spacial score (nSPS) is 11.9. The van der Waals surface area contributed by atoms with Crippen LogP contribution in [0.3, 0.4) is 0 Å². The average molecular weight is 520 g/mol. The van der Waals surface area contributed by atoms with Crippen molar-refractivity contribution in [1.82, 2.24) is 14.1 Å². The number of imidazole rings is 1. The summed E-state index contributed by atoms with van der Waals surface area (Å²) in [4.78, 5) is 16.9. The van der Waals surface area contributed by atoms with Gasteiger partial charge >= 0.3 is 12.1 Å². The Balaban J connectivity index is 1.57. The molecule has 0 bridgehead atoms. The zero-order valence-corrected chi connectivity index (χ0v) is 19.2. The molecule has 0 spiro atoms. The molecule has 0 saturated heterocycles. The highest BCUT2D eigenvalue weighted by Crippen LogP contribution is 2.25. The number of halogens is 3. The largest absolute Gasteiger partial charge is 0.573 e. The highest BCUT2D eigenvalue weighted by molar-refractivity contribution is 7.91. The molecule has 0 saturated carbocycles. The molecule has 4 rings (SSSR count). The number of hydrogen-bond acceptors (Lipinski definition) is 6. The molecule has 13 heteroatoms. The summed E-state index contributed by atoms with van der Waals surface area (Å²) in [6.45, 7) is -0.125. The summed E-state index contributed by atoms with van der Waals surface area (Å²) in [5, 5.41) is 10.3. The molecule has 0 amide bonds. The van der Waals surface area contributed by atoms with Crippen molar-refractivity contribution in [3.63, 3.8) is 0 Å². The molecule has 0 atom stereocenters. The molecule has 2 N–H and O–H groups in total. The Kier molecular flexibility index (Phi) is 6.75. The van der Waals surface area contributed by atoms with Crippen molar-refractivity contribution >= 4 is 15.7 Å². The SMILES string of the molecule is O=c1n(Cc2ccncc2NS(=O)(=O)Cc2ccccc2)cc(O)n1-c1ccc(OC(F)(F)F)cc1. The minimum atomic E-state index is -4.87. The lowest BCUT2D eigenvalue weighted by molar-refractivity contribution is -0.274. The van der Waals surface area contributed by atoms with Crippen molar-refractivity contribution < 1.29 is 31.4 Å². The Hall–Kier alpha value is -4.26. The van der Waals surface area contributed by atoms with Crippen LogP contribution in [-0.2, 0) is 22.3 Å². The summed E-state index contributed by atoms with van der Waals surface area (Å²) in [5.41, 5.74) is 0.535. The van der Waals surface area contributed by atoms with E-state index in [0.717, 1.165) is 27.5 Å². The van der Waals surface area contributed by atoms with Gasteiger partial charge in [0.2, 0.25) is 15.9 Å². The van der Waals surface area contributed by atoms with Crippen molar-refractivity contribution in [3.8, 4) is 17.3 Å². The summed E-state index contributed by atoms with van der Waals surface area (Å²) in [6.07, 6.45) is -1.01. The number of nitrogens with one attached hydrogen (secondary N) is 1. The summed E-state index contributed by atoms with van der Waals surface area (Å²) in [5.74, 6) is -1.22. The van der Waals surface area contributed by atoms with E-state index in [2.05, 4.69) is 14.4 Å². The maximum Gasteiger partial charge on any atom is 0.573 e. The summed E-state index contributed by atoms with van der Waals surface area (Å²) >= 11 is 0. The van der Waals surface area contributed by atoms with Crippen LogP contribution in [0.2, 0.25) is 0 Å². The van der Waals surface area contributed by atoms with Crippen LogP contribution in [0.4, 0.5) is 18.9 Å². The van der Waals surface area contributed by atoms with E-state index >= 15 is 0 Å². The fraction of sp³-hybridized carbons (Fsp3) is 0.130. The molecule has 2 heterocycles. The molecule has 0 radical (unpaired) electrons. The van der Waals surface area contributed by atoms with Crippen LogP contribution in [0.15, 0.2) is 84.0 Å². The Morgan fingerprint density at radius 3 is 2.39 bits per heavy atom. The number of aromatic hydroxyl groups is 1. The molecule has 0 fully saturated rings. The zero-order valence-electron chi connectivity index (χ0n) is 18.4. The molecule has 2 aromatic heterocycles. The van der Waals surface area contributed by atoms with E-state index in [1.807, 2.05) is 0 Å². The number of hydrogen-bond donors (Lipinski definition) is 2. The van der Waals surface area contributed by atoms with Crippen molar-refractivity contribution in [1.29, 1.82) is 0 Å². The number of alkyl halides is 3. The van der Waals surface area contributed by atoms with Crippen LogP contribution in [0.1, 0.15) is 11.1 Å². The fourth-order valence-electron chi connectivity index (χ4n) is 3.47. The second-order valence-corrected chi connectivity index (χ2v) is 9.38. The van der Waals surface area contributed by atoms with Gasteiger partial charge in [0.05, 0.1) is 36.1 Å². The number of anilines is 1. The summed E-state index contributed by atoms with van der Waals surface area (Å²) in [7, 11) is -3.80. The molecular weight excluding hydrogens is 501 g/mol. The molecule has 0 unspecified atom stereocenters. The van der Waals surface area contributed by atoms with Crippen molar-refractivity contribution in [2.45, 2.75) is 18.7 Å². The quantitative estimate of drug-likeness (QED) is 0.367. The Morgan fingerprint density at radius 1 is 1.03 bits per heavy atom. The van der Waals surface area contributed by atoms with Crippen LogP contribution in [0.5, 0.6) is 11.6 Å². The second-order valence-electron chi connectivity index (χ2n) is 7.65. The van der Waals surface area contributed by atoms with Crippen LogP contribution in [-0.4, -0.2) is 34.0 Å². The standard InChI is InChI=1S/C23H19F3N4O5S/c24-23(25,26)35-19-8-6-18(7-9-19)30-21(31)14-29(22(30)32)13-17-10-11-27-12-20(17)28-36(33,34)15-16-4-2-1-3-5-16/h1-12,14,28,31H,13,15H2. The number of nitrogens with zero attached hydrogens (tertiary/aromatic N) is 3. The van der Waals surface area contributed by atoms with Crippen molar-refractivity contribution in [3.05, 3.63) is 101 Å². The third-order valence-electron chi connectivity index (χ3n) is 4.98. The fourth-order valence-corrected chi connectivity index (χ4v) is 4.69. The van der Waals surface area contributed by atoms with Gasteiger partial charge < -0.3 is 9.84 Å². The lowest BCUT2D eigenvalue weighted by Crippen LogP contribution is -2.24. The predicted octanol–water partition coefficient (Wildman–Crippen LogP) is 3.63. The number of sulfonamides is 1. The first kappa shape index (κ1) is 24.9. The van der Waals surface area contributed by atoms with Gasteiger partial charge in [0, 0.05) is 6.20 Å². The lowest BCUT2D eigenvalue weighted by atomic mass is 10.2. The summed E-state index contributed by atoms with van der Waals surface area (Å²) in [6, 6.07) is 14.5.